The van der Waals surface area contributed by atoms with Crippen molar-refractivity contribution < 1.29 is 4.74 Å². The highest BCUT2D eigenvalue weighted by Gasteiger charge is 2.16. The molecule has 0 aliphatic carbocycles. The van der Waals surface area contributed by atoms with Crippen molar-refractivity contribution in [1.29, 1.82) is 0 Å². The van der Waals surface area contributed by atoms with E-state index in [9.17, 15) is 0 Å². The largest absolute Gasteiger partial charge is 0.496 e. The van der Waals surface area contributed by atoms with Gasteiger partial charge in [-0.15, -0.1) is 0 Å². The summed E-state index contributed by atoms with van der Waals surface area (Å²) >= 11 is 0. The van der Waals surface area contributed by atoms with E-state index in [1.165, 1.54) is 36.0 Å². The number of nitrogens with one attached hydrogen (secondary N) is 1. The summed E-state index contributed by atoms with van der Waals surface area (Å²) in [5.74, 6) is 1.08. The molecule has 2 heteroatoms. The summed E-state index contributed by atoms with van der Waals surface area (Å²) in [6.07, 6.45) is 5.05. The molecule has 94 valence electrons. The molecule has 2 nitrogen and oxygen atoms in total. The van der Waals surface area contributed by atoms with E-state index in [0.717, 1.165) is 18.7 Å². The van der Waals surface area contributed by atoms with Crippen molar-refractivity contribution in [2.75, 3.05) is 13.7 Å². The third-order valence-corrected chi connectivity index (χ3v) is 3.84. The zero-order chi connectivity index (χ0) is 12.3. The number of benzene rings is 1. The average Bonchev–Trinajstić information content (AvgIpc) is 2.36. The molecule has 1 aromatic carbocycles. The molecule has 0 saturated carbocycles. The van der Waals surface area contributed by atoms with Crippen LogP contribution in [0.15, 0.2) is 12.1 Å². The predicted octanol–water partition coefficient (Wildman–Crippen LogP) is 3.00. The maximum atomic E-state index is 5.57. The number of hydrogen-bond acceptors (Lipinski definition) is 2. The molecule has 1 saturated heterocycles. The van der Waals surface area contributed by atoms with Crippen LogP contribution in [0.3, 0.4) is 0 Å². The molecule has 0 amide bonds. The molecule has 0 spiro atoms. The third kappa shape index (κ3) is 2.81. The highest BCUT2D eigenvalue weighted by atomic mass is 16.5. The van der Waals surface area contributed by atoms with Crippen LogP contribution in [0.1, 0.15) is 36.0 Å². The van der Waals surface area contributed by atoms with Gasteiger partial charge in [0.25, 0.3) is 0 Å². The van der Waals surface area contributed by atoms with Gasteiger partial charge in [-0.3, -0.25) is 0 Å². The molecule has 1 atom stereocenters. The number of aryl methyl sites for hydroxylation is 1. The Morgan fingerprint density at radius 3 is 2.76 bits per heavy atom. The molecular formula is C15H23NO. The van der Waals surface area contributed by atoms with Gasteiger partial charge in [-0.05, 0) is 56.3 Å². The third-order valence-electron chi connectivity index (χ3n) is 3.84. The predicted molar refractivity (Wildman–Crippen MR) is 71.8 cm³/mol. The summed E-state index contributed by atoms with van der Waals surface area (Å²) in [6, 6.07) is 5.05. The fourth-order valence-corrected chi connectivity index (χ4v) is 2.65. The van der Waals surface area contributed by atoms with Crippen LogP contribution in [0, 0.1) is 13.8 Å². The molecule has 1 aromatic rings. The first-order valence-electron chi connectivity index (χ1n) is 6.59. The van der Waals surface area contributed by atoms with Crippen LogP contribution in [-0.4, -0.2) is 19.7 Å². The van der Waals surface area contributed by atoms with Crippen molar-refractivity contribution in [3.63, 3.8) is 0 Å². The molecule has 0 radical (unpaired) electrons. The zero-order valence-electron chi connectivity index (χ0n) is 11.2. The van der Waals surface area contributed by atoms with E-state index in [4.69, 9.17) is 4.74 Å². The lowest BCUT2D eigenvalue weighted by molar-refractivity contribution is 0.380. The molecule has 1 unspecified atom stereocenters. The SMILES string of the molecule is COc1c(CC2CCCCN2)ccc(C)c1C. The lowest BCUT2D eigenvalue weighted by Crippen LogP contribution is -2.35. The Hall–Kier alpha value is -1.02. The van der Waals surface area contributed by atoms with E-state index in [-0.39, 0.29) is 0 Å². The van der Waals surface area contributed by atoms with Crippen molar-refractivity contribution in [2.45, 2.75) is 45.6 Å². The number of hydrogen-bond donors (Lipinski definition) is 1. The smallest absolute Gasteiger partial charge is 0.125 e. The fraction of sp³-hybridized carbons (Fsp3) is 0.600. The number of ether oxygens (including phenoxy) is 1. The van der Waals surface area contributed by atoms with Crippen LogP contribution >= 0.6 is 0 Å². The summed E-state index contributed by atoms with van der Waals surface area (Å²) in [4.78, 5) is 0. The molecular weight excluding hydrogens is 210 g/mol. The Morgan fingerprint density at radius 2 is 2.12 bits per heavy atom. The van der Waals surface area contributed by atoms with Crippen molar-refractivity contribution in [3.8, 4) is 5.75 Å². The lowest BCUT2D eigenvalue weighted by Gasteiger charge is -2.24. The molecule has 2 rings (SSSR count). The Labute approximate surface area is 104 Å². The molecule has 1 aliphatic heterocycles. The van der Waals surface area contributed by atoms with Gasteiger partial charge in [0.2, 0.25) is 0 Å². The highest BCUT2D eigenvalue weighted by Crippen LogP contribution is 2.28. The normalized spacial score (nSPS) is 20.3. The minimum atomic E-state index is 0.625. The van der Waals surface area contributed by atoms with E-state index in [1.807, 2.05) is 0 Å². The van der Waals surface area contributed by atoms with Crippen LogP contribution in [-0.2, 0) is 6.42 Å². The minimum Gasteiger partial charge on any atom is -0.496 e. The van der Waals surface area contributed by atoms with E-state index < -0.39 is 0 Å². The van der Waals surface area contributed by atoms with Crippen LogP contribution in [0.25, 0.3) is 0 Å². The zero-order valence-corrected chi connectivity index (χ0v) is 11.2. The minimum absolute atomic E-state index is 0.625. The Balaban J connectivity index is 2.17. The molecule has 0 aromatic heterocycles. The summed E-state index contributed by atoms with van der Waals surface area (Å²) in [5, 5.41) is 3.60. The number of rotatable bonds is 3. The summed E-state index contributed by atoms with van der Waals surface area (Å²) in [7, 11) is 1.78. The van der Waals surface area contributed by atoms with Gasteiger partial charge < -0.3 is 10.1 Å². The highest BCUT2D eigenvalue weighted by molar-refractivity contribution is 5.45. The molecule has 1 aliphatic rings. The topological polar surface area (TPSA) is 21.3 Å². The van der Waals surface area contributed by atoms with Crippen LogP contribution < -0.4 is 10.1 Å². The Bertz CT molecular complexity index is 381. The second-order valence-electron chi connectivity index (χ2n) is 5.05. The second-order valence-corrected chi connectivity index (χ2v) is 5.05. The van der Waals surface area contributed by atoms with Crippen molar-refractivity contribution in [2.24, 2.45) is 0 Å². The van der Waals surface area contributed by atoms with Gasteiger partial charge in [0, 0.05) is 6.04 Å². The maximum Gasteiger partial charge on any atom is 0.125 e. The molecule has 1 N–H and O–H groups in total. The van der Waals surface area contributed by atoms with Gasteiger partial charge in [-0.25, -0.2) is 0 Å². The average molecular weight is 233 g/mol. The van der Waals surface area contributed by atoms with Gasteiger partial charge in [0.1, 0.15) is 5.75 Å². The van der Waals surface area contributed by atoms with E-state index in [1.54, 1.807) is 7.11 Å². The monoisotopic (exact) mass is 233 g/mol. The summed E-state index contributed by atoms with van der Waals surface area (Å²) < 4.78 is 5.57. The van der Waals surface area contributed by atoms with Crippen LogP contribution in [0.2, 0.25) is 0 Å². The van der Waals surface area contributed by atoms with Crippen molar-refractivity contribution in [1.82, 2.24) is 5.32 Å². The molecule has 17 heavy (non-hydrogen) atoms. The van der Waals surface area contributed by atoms with E-state index >= 15 is 0 Å². The van der Waals surface area contributed by atoms with Gasteiger partial charge >= 0.3 is 0 Å². The standard InChI is InChI=1S/C15H23NO/c1-11-7-8-13(15(17-3)12(11)2)10-14-6-4-5-9-16-14/h7-8,14,16H,4-6,9-10H2,1-3H3. The van der Waals surface area contributed by atoms with Gasteiger partial charge in [0.05, 0.1) is 7.11 Å². The van der Waals surface area contributed by atoms with Crippen LogP contribution in [0.4, 0.5) is 0 Å². The van der Waals surface area contributed by atoms with Crippen molar-refractivity contribution >= 4 is 0 Å². The fourth-order valence-electron chi connectivity index (χ4n) is 2.65. The lowest BCUT2D eigenvalue weighted by atomic mass is 9.95. The van der Waals surface area contributed by atoms with Crippen molar-refractivity contribution in [3.05, 3.63) is 28.8 Å². The summed E-state index contributed by atoms with van der Waals surface area (Å²) in [5.41, 5.74) is 3.93. The molecule has 1 heterocycles. The molecule has 1 fully saturated rings. The second kappa shape index (κ2) is 5.54. The first kappa shape index (κ1) is 12.4. The number of piperidine rings is 1. The maximum absolute atomic E-state index is 5.57. The summed E-state index contributed by atoms with van der Waals surface area (Å²) in [6.45, 7) is 5.45. The first-order valence-corrected chi connectivity index (χ1v) is 6.59. The Kier molecular flexibility index (Phi) is 4.06. The van der Waals surface area contributed by atoms with E-state index in [2.05, 4.69) is 31.3 Å². The molecule has 0 bridgehead atoms. The van der Waals surface area contributed by atoms with Gasteiger partial charge in [-0.2, -0.15) is 0 Å². The van der Waals surface area contributed by atoms with Gasteiger partial charge in [0.15, 0.2) is 0 Å². The first-order chi connectivity index (χ1) is 8.22. The Morgan fingerprint density at radius 1 is 1.29 bits per heavy atom. The van der Waals surface area contributed by atoms with Gasteiger partial charge in [-0.1, -0.05) is 18.6 Å². The van der Waals surface area contributed by atoms with Crippen LogP contribution in [0.5, 0.6) is 5.75 Å². The van der Waals surface area contributed by atoms with E-state index in [0.29, 0.717) is 6.04 Å². The number of methoxy groups -OCH3 is 1. The quantitative estimate of drug-likeness (QED) is 0.866.